The van der Waals surface area contributed by atoms with Crippen LogP contribution in [-0.2, 0) is 15.5 Å². The Morgan fingerprint density at radius 3 is 2.69 bits per heavy atom. The van der Waals surface area contributed by atoms with E-state index in [-0.39, 0.29) is 0 Å². The molecule has 1 aromatic carbocycles. The first-order valence-corrected chi connectivity index (χ1v) is 11.4. The highest BCUT2D eigenvalue weighted by Gasteiger charge is 2.16. The maximum atomic E-state index is 12.3. The molecule has 0 saturated heterocycles. The van der Waals surface area contributed by atoms with Gasteiger partial charge in [0.1, 0.15) is 11.1 Å². The molecule has 0 aliphatic rings. The number of hydrogen-bond acceptors (Lipinski definition) is 7. The van der Waals surface area contributed by atoms with Crippen LogP contribution >= 0.6 is 11.8 Å². The van der Waals surface area contributed by atoms with Crippen molar-refractivity contribution >= 4 is 22.6 Å². The molecule has 148 valence electrons. The summed E-state index contributed by atoms with van der Waals surface area (Å²) in [5.41, 5.74) is 3.72. The zero-order valence-corrected chi connectivity index (χ0v) is 17.6. The third-order valence-corrected chi connectivity index (χ3v) is 6.95. The van der Waals surface area contributed by atoms with E-state index in [4.69, 9.17) is 4.74 Å². The van der Waals surface area contributed by atoms with Gasteiger partial charge in [0.15, 0.2) is 0 Å². The van der Waals surface area contributed by atoms with Crippen LogP contribution in [0.1, 0.15) is 12.0 Å². The van der Waals surface area contributed by atoms with Crippen LogP contribution in [0.25, 0.3) is 22.4 Å². The van der Waals surface area contributed by atoms with Crippen LogP contribution in [0.4, 0.5) is 0 Å². The molecule has 6 nitrogen and oxygen atoms in total. The van der Waals surface area contributed by atoms with Gasteiger partial charge < -0.3 is 4.74 Å². The Morgan fingerprint density at radius 2 is 2.00 bits per heavy atom. The van der Waals surface area contributed by atoms with Crippen molar-refractivity contribution in [1.82, 2.24) is 15.2 Å². The highest BCUT2D eigenvalue weighted by molar-refractivity contribution is 8.10. The standard InChI is InChI=1S/C21H20N4O2S2/c1-27-10-5-11-29(26)15-28-21-19(13-22)18(16-6-3-2-4-7-16)12-20(25-21)17-8-9-23-24-14-17/h2-4,6-9,12,14H,5,10-11,15H2,1H3. The zero-order chi connectivity index (χ0) is 20.5. The van der Waals surface area contributed by atoms with Crippen LogP contribution in [0.5, 0.6) is 0 Å². The summed E-state index contributed by atoms with van der Waals surface area (Å²) in [7, 11) is 0.607. The van der Waals surface area contributed by atoms with E-state index in [1.54, 1.807) is 19.5 Å². The van der Waals surface area contributed by atoms with Gasteiger partial charge in [0.05, 0.1) is 28.7 Å². The fourth-order valence-electron chi connectivity index (χ4n) is 2.71. The lowest BCUT2D eigenvalue weighted by Crippen LogP contribution is -2.04. The molecular weight excluding hydrogens is 404 g/mol. The number of nitriles is 1. The van der Waals surface area contributed by atoms with Crippen molar-refractivity contribution in [3.63, 3.8) is 0 Å². The number of pyridine rings is 1. The summed E-state index contributed by atoms with van der Waals surface area (Å²) in [5.74, 6) is 0.558. The molecule has 3 aromatic rings. The van der Waals surface area contributed by atoms with Gasteiger partial charge in [-0.15, -0.1) is 0 Å². The van der Waals surface area contributed by atoms with Crippen molar-refractivity contribution in [2.45, 2.75) is 11.4 Å². The maximum Gasteiger partial charge on any atom is 0.116 e. The molecular formula is C21H20N4O2S2. The Kier molecular flexibility index (Phi) is 7.87. The molecule has 2 heterocycles. The molecule has 2 aromatic heterocycles. The minimum atomic E-state index is -1.02. The Bertz CT molecular complexity index is 1010. The highest BCUT2D eigenvalue weighted by Crippen LogP contribution is 2.34. The van der Waals surface area contributed by atoms with Crippen LogP contribution in [-0.4, -0.2) is 43.9 Å². The summed E-state index contributed by atoms with van der Waals surface area (Å²) in [6, 6.07) is 15.7. The SMILES string of the molecule is COCCCS(=O)CSc1nc(-c2ccnnc2)cc(-c2ccccc2)c1C#N. The van der Waals surface area contributed by atoms with Gasteiger partial charge >= 0.3 is 0 Å². The number of nitrogens with zero attached hydrogens (tertiary/aromatic N) is 4. The van der Waals surface area contributed by atoms with Crippen LogP contribution < -0.4 is 0 Å². The number of methoxy groups -OCH3 is 1. The second-order valence-corrected chi connectivity index (χ2v) is 9.00. The number of benzene rings is 1. The van der Waals surface area contributed by atoms with Crippen LogP contribution in [0.15, 0.2) is 59.9 Å². The molecule has 0 bridgehead atoms. The average molecular weight is 425 g/mol. The van der Waals surface area contributed by atoms with Gasteiger partial charge in [-0.05, 0) is 24.1 Å². The van der Waals surface area contributed by atoms with E-state index < -0.39 is 10.8 Å². The summed E-state index contributed by atoms with van der Waals surface area (Å²) in [5, 5.41) is 18.5. The molecule has 1 atom stereocenters. The Hall–Kier alpha value is -2.60. The smallest absolute Gasteiger partial charge is 0.116 e. The summed E-state index contributed by atoms with van der Waals surface area (Å²) < 4.78 is 17.3. The third-order valence-electron chi connectivity index (χ3n) is 4.11. The van der Waals surface area contributed by atoms with Crippen molar-refractivity contribution in [3.05, 3.63) is 60.4 Å². The minimum Gasteiger partial charge on any atom is -0.385 e. The van der Waals surface area contributed by atoms with E-state index in [9.17, 15) is 9.47 Å². The number of aromatic nitrogens is 3. The summed E-state index contributed by atoms with van der Waals surface area (Å²) in [4.78, 5) is 4.68. The normalized spacial score (nSPS) is 11.7. The van der Waals surface area contributed by atoms with E-state index in [0.717, 1.165) is 23.1 Å². The second-order valence-electron chi connectivity index (χ2n) is 6.10. The first kappa shape index (κ1) is 21.1. The predicted molar refractivity (Wildman–Crippen MR) is 116 cm³/mol. The van der Waals surface area contributed by atoms with Crippen LogP contribution in [0, 0.1) is 11.3 Å². The molecule has 0 spiro atoms. The van der Waals surface area contributed by atoms with Gasteiger partial charge in [-0.3, -0.25) is 4.21 Å². The van der Waals surface area contributed by atoms with E-state index in [0.29, 0.717) is 33.7 Å². The molecule has 0 aliphatic heterocycles. The van der Waals surface area contributed by atoms with Crippen molar-refractivity contribution in [2.75, 3.05) is 24.6 Å². The van der Waals surface area contributed by atoms with Crippen molar-refractivity contribution in [2.24, 2.45) is 0 Å². The molecule has 0 fully saturated rings. The van der Waals surface area contributed by atoms with Crippen LogP contribution in [0.3, 0.4) is 0 Å². The average Bonchev–Trinajstić information content (AvgIpc) is 2.78. The predicted octanol–water partition coefficient (Wildman–Crippen LogP) is 3.91. The first-order chi connectivity index (χ1) is 14.2. The summed E-state index contributed by atoms with van der Waals surface area (Å²) in [6.07, 6.45) is 3.98. The first-order valence-electron chi connectivity index (χ1n) is 8.97. The fraction of sp³-hybridized carbons (Fsp3) is 0.238. The Balaban J connectivity index is 1.97. The van der Waals surface area contributed by atoms with Gasteiger partial charge in [-0.2, -0.15) is 15.5 Å². The largest absolute Gasteiger partial charge is 0.385 e. The van der Waals surface area contributed by atoms with Gasteiger partial charge in [0.2, 0.25) is 0 Å². The molecule has 0 amide bonds. The molecule has 29 heavy (non-hydrogen) atoms. The number of hydrogen-bond donors (Lipinski definition) is 0. The van der Waals surface area contributed by atoms with Gasteiger partial charge in [-0.1, -0.05) is 42.1 Å². The molecule has 0 aliphatic carbocycles. The summed E-state index contributed by atoms with van der Waals surface area (Å²) in [6.45, 7) is 0.584. The topological polar surface area (TPSA) is 88.8 Å². The lowest BCUT2D eigenvalue weighted by atomic mass is 10.00. The van der Waals surface area contributed by atoms with Crippen molar-refractivity contribution in [3.8, 4) is 28.5 Å². The minimum absolute atomic E-state index is 0.373. The van der Waals surface area contributed by atoms with E-state index >= 15 is 0 Å². The highest BCUT2D eigenvalue weighted by atomic mass is 32.2. The zero-order valence-electron chi connectivity index (χ0n) is 15.9. The Labute approximate surface area is 176 Å². The maximum absolute atomic E-state index is 12.3. The molecule has 0 radical (unpaired) electrons. The fourth-order valence-corrected chi connectivity index (χ4v) is 5.06. The molecule has 0 saturated carbocycles. The second kappa shape index (κ2) is 10.8. The monoisotopic (exact) mass is 424 g/mol. The van der Waals surface area contributed by atoms with E-state index in [1.807, 2.05) is 42.5 Å². The van der Waals surface area contributed by atoms with Crippen LogP contribution in [0.2, 0.25) is 0 Å². The van der Waals surface area contributed by atoms with Gasteiger partial charge in [-0.25, -0.2) is 4.98 Å². The lowest BCUT2D eigenvalue weighted by Gasteiger charge is -2.12. The molecule has 1 unspecified atom stereocenters. The third kappa shape index (κ3) is 5.70. The summed E-state index contributed by atoms with van der Waals surface area (Å²) >= 11 is 1.34. The van der Waals surface area contributed by atoms with Gasteiger partial charge in [0.25, 0.3) is 0 Å². The van der Waals surface area contributed by atoms with E-state index in [2.05, 4.69) is 21.3 Å². The van der Waals surface area contributed by atoms with Crippen molar-refractivity contribution in [1.29, 1.82) is 5.26 Å². The van der Waals surface area contributed by atoms with Gasteiger partial charge in [0, 0.05) is 41.4 Å². The van der Waals surface area contributed by atoms with Crippen molar-refractivity contribution < 1.29 is 8.95 Å². The lowest BCUT2D eigenvalue weighted by molar-refractivity contribution is 0.200. The number of thioether (sulfide) groups is 1. The number of rotatable bonds is 9. The number of ether oxygens (including phenoxy) is 1. The molecule has 8 heteroatoms. The Morgan fingerprint density at radius 1 is 1.17 bits per heavy atom. The quantitative estimate of drug-likeness (QED) is 0.380. The molecule has 3 rings (SSSR count). The van der Waals surface area contributed by atoms with E-state index in [1.165, 1.54) is 11.8 Å². The molecule has 0 N–H and O–H groups in total.